The summed E-state index contributed by atoms with van der Waals surface area (Å²) in [7, 11) is 0. The molecule has 19 heavy (non-hydrogen) atoms. The topological polar surface area (TPSA) is 41.6 Å². The predicted molar refractivity (Wildman–Crippen MR) is 78.2 cm³/mol. The van der Waals surface area contributed by atoms with E-state index in [1.807, 2.05) is 6.92 Å². The van der Waals surface area contributed by atoms with Crippen LogP contribution in [0.25, 0.3) is 0 Å². The number of ether oxygens (including phenoxy) is 1. The van der Waals surface area contributed by atoms with Gasteiger partial charge in [0, 0.05) is 13.1 Å². The molecule has 0 saturated heterocycles. The Labute approximate surface area is 117 Å². The Bertz CT molecular complexity index is 255. The summed E-state index contributed by atoms with van der Waals surface area (Å²) in [4.78, 5) is 14.4. The molecule has 0 bridgehead atoms. The van der Waals surface area contributed by atoms with Gasteiger partial charge in [-0.15, -0.1) is 0 Å². The highest BCUT2D eigenvalue weighted by molar-refractivity contribution is 5.76. The van der Waals surface area contributed by atoms with Gasteiger partial charge in [0.15, 0.2) is 0 Å². The third-order valence-electron chi connectivity index (χ3n) is 3.41. The van der Waals surface area contributed by atoms with Gasteiger partial charge in [-0.3, -0.25) is 4.79 Å². The minimum atomic E-state index is -0.176. The van der Waals surface area contributed by atoms with E-state index >= 15 is 0 Å². The Morgan fingerprint density at radius 3 is 2.58 bits per heavy atom. The van der Waals surface area contributed by atoms with Crippen LogP contribution in [0.15, 0.2) is 0 Å². The van der Waals surface area contributed by atoms with Crippen LogP contribution in [0.3, 0.4) is 0 Å². The lowest BCUT2D eigenvalue weighted by Gasteiger charge is -2.26. The summed E-state index contributed by atoms with van der Waals surface area (Å²) in [6.07, 6.45) is 4.88. The molecule has 0 aromatic rings. The number of nitrogens with one attached hydrogen (secondary N) is 1. The first kappa shape index (κ1) is 16.4. The molecule has 1 aliphatic carbocycles. The minimum Gasteiger partial charge on any atom is -0.465 e. The third-order valence-corrected chi connectivity index (χ3v) is 3.41. The van der Waals surface area contributed by atoms with Crippen molar-refractivity contribution in [3.8, 4) is 0 Å². The first-order chi connectivity index (χ1) is 9.21. The van der Waals surface area contributed by atoms with Gasteiger partial charge in [0.1, 0.15) is 6.04 Å². The summed E-state index contributed by atoms with van der Waals surface area (Å²) >= 11 is 0. The largest absolute Gasteiger partial charge is 0.465 e. The molecular weight excluding hydrogens is 240 g/mol. The van der Waals surface area contributed by atoms with E-state index in [-0.39, 0.29) is 12.0 Å². The average Bonchev–Trinajstić information content (AvgIpc) is 3.18. The van der Waals surface area contributed by atoms with Gasteiger partial charge in [0.05, 0.1) is 6.61 Å². The molecule has 0 radical (unpaired) electrons. The van der Waals surface area contributed by atoms with Crippen LogP contribution in [0.1, 0.15) is 46.5 Å². The number of nitrogens with zero attached hydrogens (tertiary/aromatic N) is 1. The van der Waals surface area contributed by atoms with Crippen LogP contribution in [0.4, 0.5) is 0 Å². The van der Waals surface area contributed by atoms with Crippen LogP contribution in [0.5, 0.6) is 0 Å². The second kappa shape index (κ2) is 9.32. The zero-order valence-corrected chi connectivity index (χ0v) is 12.8. The Morgan fingerprint density at radius 2 is 2.05 bits per heavy atom. The summed E-state index contributed by atoms with van der Waals surface area (Å²) in [6.45, 7) is 10.5. The summed E-state index contributed by atoms with van der Waals surface area (Å²) in [5, 5.41) is 3.32. The van der Waals surface area contributed by atoms with E-state index in [9.17, 15) is 4.79 Å². The minimum absolute atomic E-state index is 0.104. The summed E-state index contributed by atoms with van der Waals surface area (Å²) in [5.74, 6) is 0.758. The van der Waals surface area contributed by atoms with Crippen molar-refractivity contribution in [3.63, 3.8) is 0 Å². The number of hydrogen-bond acceptors (Lipinski definition) is 4. The Hall–Kier alpha value is -0.610. The molecule has 1 N–H and O–H groups in total. The molecule has 0 aromatic heterocycles. The third kappa shape index (κ3) is 6.92. The van der Waals surface area contributed by atoms with E-state index in [1.54, 1.807) is 0 Å². The van der Waals surface area contributed by atoms with E-state index in [0.29, 0.717) is 6.61 Å². The zero-order chi connectivity index (χ0) is 14.1. The second-order valence-corrected chi connectivity index (χ2v) is 5.46. The van der Waals surface area contributed by atoms with E-state index < -0.39 is 0 Å². The van der Waals surface area contributed by atoms with Crippen molar-refractivity contribution in [2.24, 2.45) is 5.92 Å². The number of carbonyl (C=O) groups is 1. The van der Waals surface area contributed by atoms with Gasteiger partial charge in [-0.05, 0) is 51.6 Å². The molecule has 4 nitrogen and oxygen atoms in total. The fraction of sp³-hybridized carbons (Fsp3) is 0.933. The van der Waals surface area contributed by atoms with E-state index in [1.165, 1.54) is 12.8 Å². The van der Waals surface area contributed by atoms with Crippen molar-refractivity contribution >= 4 is 5.97 Å². The standard InChI is InChI=1S/C15H30N2O2/c1-4-9-16-14(15(18)19-6-3)12-17(10-5-2)11-13-7-8-13/h13-14,16H,4-12H2,1-3H3. The highest BCUT2D eigenvalue weighted by Gasteiger charge is 2.27. The maximum Gasteiger partial charge on any atom is 0.324 e. The Balaban J connectivity index is 2.47. The van der Waals surface area contributed by atoms with E-state index in [0.717, 1.165) is 44.9 Å². The van der Waals surface area contributed by atoms with Crippen LogP contribution >= 0.6 is 0 Å². The second-order valence-electron chi connectivity index (χ2n) is 5.46. The van der Waals surface area contributed by atoms with Crippen molar-refractivity contribution < 1.29 is 9.53 Å². The number of rotatable bonds is 11. The maximum absolute atomic E-state index is 12.0. The van der Waals surface area contributed by atoms with Crippen molar-refractivity contribution in [2.75, 3.05) is 32.8 Å². The molecule has 0 heterocycles. The molecule has 0 spiro atoms. The average molecular weight is 270 g/mol. The molecule has 1 atom stereocenters. The van der Waals surface area contributed by atoms with E-state index in [2.05, 4.69) is 24.1 Å². The lowest BCUT2D eigenvalue weighted by molar-refractivity contribution is -0.146. The lowest BCUT2D eigenvalue weighted by atomic mass is 10.2. The van der Waals surface area contributed by atoms with Crippen molar-refractivity contribution in [1.29, 1.82) is 0 Å². The molecule has 112 valence electrons. The number of hydrogen-bond donors (Lipinski definition) is 1. The first-order valence-corrected chi connectivity index (χ1v) is 7.83. The molecule has 1 aliphatic rings. The molecule has 1 fully saturated rings. The van der Waals surface area contributed by atoms with Crippen molar-refractivity contribution in [2.45, 2.75) is 52.5 Å². The monoisotopic (exact) mass is 270 g/mol. The lowest BCUT2D eigenvalue weighted by Crippen LogP contribution is -2.48. The van der Waals surface area contributed by atoms with Gasteiger partial charge in [-0.1, -0.05) is 13.8 Å². The van der Waals surface area contributed by atoms with Crippen LogP contribution in [0, 0.1) is 5.92 Å². The fourth-order valence-electron chi connectivity index (χ4n) is 2.28. The summed E-state index contributed by atoms with van der Waals surface area (Å²) < 4.78 is 5.17. The highest BCUT2D eigenvalue weighted by atomic mass is 16.5. The SMILES string of the molecule is CCCNC(CN(CCC)CC1CC1)C(=O)OCC. The number of esters is 1. The van der Waals surface area contributed by atoms with Crippen LogP contribution in [-0.4, -0.2) is 49.7 Å². The first-order valence-electron chi connectivity index (χ1n) is 7.83. The molecule has 0 aliphatic heterocycles. The summed E-state index contributed by atoms with van der Waals surface area (Å²) in [5.41, 5.74) is 0. The molecule has 0 aromatic carbocycles. The van der Waals surface area contributed by atoms with Gasteiger partial charge in [-0.2, -0.15) is 0 Å². The van der Waals surface area contributed by atoms with Crippen LogP contribution in [-0.2, 0) is 9.53 Å². The molecule has 0 amide bonds. The Morgan fingerprint density at radius 1 is 1.32 bits per heavy atom. The molecule has 4 heteroatoms. The Kier molecular flexibility index (Phi) is 8.07. The van der Waals surface area contributed by atoms with Gasteiger partial charge in [0.2, 0.25) is 0 Å². The number of carbonyl (C=O) groups excluding carboxylic acids is 1. The van der Waals surface area contributed by atoms with Gasteiger partial charge < -0.3 is 15.0 Å². The predicted octanol–water partition coefficient (Wildman–Crippen LogP) is 2.04. The highest BCUT2D eigenvalue weighted by Crippen LogP contribution is 2.29. The van der Waals surface area contributed by atoms with Gasteiger partial charge in [0.25, 0.3) is 0 Å². The van der Waals surface area contributed by atoms with Crippen molar-refractivity contribution in [3.05, 3.63) is 0 Å². The smallest absolute Gasteiger partial charge is 0.324 e. The quantitative estimate of drug-likeness (QED) is 0.583. The fourth-order valence-corrected chi connectivity index (χ4v) is 2.28. The van der Waals surface area contributed by atoms with Crippen molar-refractivity contribution in [1.82, 2.24) is 10.2 Å². The van der Waals surface area contributed by atoms with Crippen LogP contribution < -0.4 is 5.32 Å². The van der Waals surface area contributed by atoms with Crippen LogP contribution in [0.2, 0.25) is 0 Å². The van der Waals surface area contributed by atoms with E-state index in [4.69, 9.17) is 4.74 Å². The molecule has 1 saturated carbocycles. The molecular formula is C15H30N2O2. The summed E-state index contributed by atoms with van der Waals surface area (Å²) in [6, 6.07) is -0.176. The zero-order valence-electron chi connectivity index (χ0n) is 12.8. The van der Waals surface area contributed by atoms with Gasteiger partial charge >= 0.3 is 5.97 Å². The van der Waals surface area contributed by atoms with Gasteiger partial charge in [-0.25, -0.2) is 0 Å². The molecule has 1 rings (SSSR count). The molecule has 1 unspecified atom stereocenters. The normalized spacial score (nSPS) is 16.6. The maximum atomic E-state index is 12.0.